The first-order valence-electron chi connectivity index (χ1n) is 4.24. The van der Waals surface area contributed by atoms with Gasteiger partial charge in [0.1, 0.15) is 11.9 Å². The summed E-state index contributed by atoms with van der Waals surface area (Å²) in [4.78, 5) is 0. The lowest BCUT2D eigenvalue weighted by molar-refractivity contribution is 0.340. The average molecular weight is 164 g/mol. The lowest BCUT2D eigenvalue weighted by Gasteiger charge is -2.02. The van der Waals surface area contributed by atoms with Gasteiger partial charge in [-0.05, 0) is 24.6 Å². The SMILES string of the molecule is CCOc1ccc(C2CO2)cc1. The molecule has 1 aromatic carbocycles. The number of hydrogen-bond donors (Lipinski definition) is 0. The monoisotopic (exact) mass is 164 g/mol. The molecule has 1 fully saturated rings. The van der Waals surface area contributed by atoms with Crippen molar-refractivity contribution in [1.29, 1.82) is 0 Å². The van der Waals surface area contributed by atoms with E-state index in [2.05, 4.69) is 12.1 Å². The Labute approximate surface area is 72.1 Å². The lowest BCUT2D eigenvalue weighted by Crippen LogP contribution is -1.91. The molecule has 0 spiro atoms. The van der Waals surface area contributed by atoms with E-state index in [4.69, 9.17) is 9.47 Å². The van der Waals surface area contributed by atoms with Gasteiger partial charge in [0.15, 0.2) is 0 Å². The molecular weight excluding hydrogens is 152 g/mol. The van der Waals surface area contributed by atoms with Crippen LogP contribution in [0.15, 0.2) is 24.3 Å². The normalized spacial score (nSPS) is 20.6. The van der Waals surface area contributed by atoms with Gasteiger partial charge in [0.25, 0.3) is 0 Å². The van der Waals surface area contributed by atoms with Crippen molar-refractivity contribution in [2.45, 2.75) is 13.0 Å². The van der Waals surface area contributed by atoms with Gasteiger partial charge in [-0.1, -0.05) is 12.1 Å². The lowest BCUT2D eigenvalue weighted by atomic mass is 10.2. The highest BCUT2D eigenvalue weighted by atomic mass is 16.6. The first kappa shape index (κ1) is 7.62. The van der Waals surface area contributed by atoms with Gasteiger partial charge in [0, 0.05) is 0 Å². The number of hydrogen-bond acceptors (Lipinski definition) is 2. The molecule has 0 N–H and O–H groups in total. The van der Waals surface area contributed by atoms with Crippen molar-refractivity contribution in [3.63, 3.8) is 0 Å². The molecule has 2 nitrogen and oxygen atoms in total. The summed E-state index contributed by atoms with van der Waals surface area (Å²) in [5, 5.41) is 0. The zero-order valence-electron chi connectivity index (χ0n) is 7.12. The highest BCUT2D eigenvalue weighted by Gasteiger charge is 2.24. The van der Waals surface area contributed by atoms with Crippen LogP contribution >= 0.6 is 0 Å². The van der Waals surface area contributed by atoms with E-state index in [1.165, 1.54) is 5.56 Å². The third kappa shape index (κ3) is 1.59. The molecule has 2 heteroatoms. The molecule has 0 saturated carbocycles. The Kier molecular flexibility index (Phi) is 2.00. The predicted molar refractivity (Wildman–Crippen MR) is 46.3 cm³/mol. The van der Waals surface area contributed by atoms with Gasteiger partial charge in [-0.2, -0.15) is 0 Å². The average Bonchev–Trinajstić information content (AvgIpc) is 2.89. The fourth-order valence-electron chi connectivity index (χ4n) is 1.19. The number of benzene rings is 1. The Morgan fingerprint density at radius 1 is 1.42 bits per heavy atom. The van der Waals surface area contributed by atoms with E-state index in [0.717, 1.165) is 19.0 Å². The maximum atomic E-state index is 5.32. The van der Waals surface area contributed by atoms with Gasteiger partial charge in [-0.15, -0.1) is 0 Å². The fraction of sp³-hybridized carbons (Fsp3) is 0.400. The second kappa shape index (κ2) is 3.15. The van der Waals surface area contributed by atoms with E-state index in [9.17, 15) is 0 Å². The molecule has 0 radical (unpaired) electrons. The van der Waals surface area contributed by atoms with Crippen LogP contribution in [0.5, 0.6) is 5.75 Å². The topological polar surface area (TPSA) is 21.8 Å². The Hall–Kier alpha value is -1.02. The molecule has 2 rings (SSSR count). The summed E-state index contributed by atoms with van der Waals surface area (Å²) in [7, 11) is 0. The van der Waals surface area contributed by atoms with Crippen LogP contribution in [0.2, 0.25) is 0 Å². The van der Waals surface area contributed by atoms with Gasteiger partial charge in [0.05, 0.1) is 13.2 Å². The summed E-state index contributed by atoms with van der Waals surface area (Å²) in [6.45, 7) is 3.57. The van der Waals surface area contributed by atoms with Crippen LogP contribution in [0.3, 0.4) is 0 Å². The van der Waals surface area contributed by atoms with Crippen LogP contribution in [0.4, 0.5) is 0 Å². The molecule has 1 heterocycles. The summed E-state index contributed by atoms with van der Waals surface area (Å²) in [5.41, 5.74) is 1.25. The Bertz CT molecular complexity index is 249. The van der Waals surface area contributed by atoms with E-state index in [1.807, 2.05) is 19.1 Å². The molecule has 0 bridgehead atoms. The first-order valence-corrected chi connectivity index (χ1v) is 4.24. The van der Waals surface area contributed by atoms with Gasteiger partial charge in [0.2, 0.25) is 0 Å². The minimum absolute atomic E-state index is 0.348. The van der Waals surface area contributed by atoms with Crippen molar-refractivity contribution in [3.05, 3.63) is 29.8 Å². The smallest absolute Gasteiger partial charge is 0.119 e. The molecule has 1 saturated heterocycles. The zero-order valence-corrected chi connectivity index (χ0v) is 7.12. The first-order chi connectivity index (χ1) is 5.90. The van der Waals surface area contributed by atoms with Crippen molar-refractivity contribution in [3.8, 4) is 5.75 Å². The van der Waals surface area contributed by atoms with Crippen molar-refractivity contribution in [2.75, 3.05) is 13.2 Å². The maximum Gasteiger partial charge on any atom is 0.119 e. The highest BCUT2D eigenvalue weighted by molar-refractivity contribution is 5.29. The van der Waals surface area contributed by atoms with E-state index in [0.29, 0.717) is 6.10 Å². The van der Waals surface area contributed by atoms with Crippen LogP contribution in [-0.2, 0) is 4.74 Å². The molecular formula is C10H12O2. The quantitative estimate of drug-likeness (QED) is 0.638. The van der Waals surface area contributed by atoms with Crippen molar-refractivity contribution in [1.82, 2.24) is 0 Å². The van der Waals surface area contributed by atoms with E-state index in [-0.39, 0.29) is 0 Å². The molecule has 0 aromatic heterocycles. The largest absolute Gasteiger partial charge is 0.494 e. The molecule has 1 atom stereocenters. The van der Waals surface area contributed by atoms with Gasteiger partial charge in [-0.3, -0.25) is 0 Å². The second-order valence-corrected chi connectivity index (χ2v) is 2.82. The van der Waals surface area contributed by atoms with E-state index >= 15 is 0 Å². The molecule has 0 aliphatic carbocycles. The summed E-state index contributed by atoms with van der Waals surface area (Å²) in [5.74, 6) is 0.932. The maximum absolute atomic E-state index is 5.32. The van der Waals surface area contributed by atoms with Gasteiger partial charge in [-0.25, -0.2) is 0 Å². The summed E-state index contributed by atoms with van der Waals surface area (Å²) >= 11 is 0. The summed E-state index contributed by atoms with van der Waals surface area (Å²) < 4.78 is 10.5. The molecule has 1 aromatic rings. The minimum Gasteiger partial charge on any atom is -0.494 e. The third-order valence-corrected chi connectivity index (χ3v) is 1.90. The van der Waals surface area contributed by atoms with E-state index in [1.54, 1.807) is 0 Å². The molecule has 1 aliphatic heterocycles. The van der Waals surface area contributed by atoms with Gasteiger partial charge < -0.3 is 9.47 Å². The summed E-state index contributed by atoms with van der Waals surface area (Å²) in [6.07, 6.45) is 0.348. The van der Waals surface area contributed by atoms with Crippen molar-refractivity contribution < 1.29 is 9.47 Å². The Balaban J connectivity index is 2.08. The van der Waals surface area contributed by atoms with Crippen LogP contribution in [0, 0.1) is 0 Å². The van der Waals surface area contributed by atoms with Crippen LogP contribution in [0.25, 0.3) is 0 Å². The number of ether oxygens (including phenoxy) is 2. The molecule has 64 valence electrons. The van der Waals surface area contributed by atoms with Gasteiger partial charge >= 0.3 is 0 Å². The van der Waals surface area contributed by atoms with Crippen LogP contribution in [-0.4, -0.2) is 13.2 Å². The number of rotatable bonds is 3. The number of epoxide rings is 1. The minimum atomic E-state index is 0.348. The van der Waals surface area contributed by atoms with Crippen molar-refractivity contribution in [2.24, 2.45) is 0 Å². The molecule has 12 heavy (non-hydrogen) atoms. The standard InChI is InChI=1S/C10H12O2/c1-2-11-9-5-3-8(4-6-9)10-7-12-10/h3-6,10H,2,7H2,1H3. The Morgan fingerprint density at radius 2 is 2.08 bits per heavy atom. The molecule has 1 aliphatic rings. The van der Waals surface area contributed by atoms with Crippen molar-refractivity contribution >= 4 is 0 Å². The van der Waals surface area contributed by atoms with Crippen LogP contribution in [0.1, 0.15) is 18.6 Å². The molecule has 1 unspecified atom stereocenters. The Morgan fingerprint density at radius 3 is 2.58 bits per heavy atom. The van der Waals surface area contributed by atoms with E-state index < -0.39 is 0 Å². The predicted octanol–water partition coefficient (Wildman–Crippen LogP) is 2.16. The zero-order chi connectivity index (χ0) is 8.39. The molecule has 0 amide bonds. The highest BCUT2D eigenvalue weighted by Crippen LogP contribution is 2.30. The van der Waals surface area contributed by atoms with Crippen LogP contribution < -0.4 is 4.74 Å². The summed E-state index contributed by atoms with van der Waals surface area (Å²) in [6, 6.07) is 8.09. The fourth-order valence-corrected chi connectivity index (χ4v) is 1.19. The second-order valence-electron chi connectivity index (χ2n) is 2.82. The third-order valence-electron chi connectivity index (χ3n) is 1.90.